The van der Waals surface area contributed by atoms with Gasteiger partial charge in [-0.05, 0) is 43.7 Å². The predicted molar refractivity (Wildman–Crippen MR) is 126 cm³/mol. The molecule has 4 rings (SSSR count). The van der Waals surface area contributed by atoms with Crippen LogP contribution in [0.5, 0.6) is 0 Å². The van der Waals surface area contributed by atoms with Crippen LogP contribution in [-0.4, -0.2) is 49.4 Å². The maximum absolute atomic E-state index is 6.32. The van der Waals surface area contributed by atoms with Crippen molar-refractivity contribution in [2.45, 2.75) is 20.1 Å². The molecule has 0 aromatic heterocycles. The monoisotopic (exact) mass is 448 g/mol. The zero-order chi connectivity index (χ0) is 20.4. The van der Waals surface area contributed by atoms with E-state index in [0.29, 0.717) is 18.2 Å². The molecule has 160 valence electrons. The maximum Gasteiger partial charge on any atom is 0.222 e. The Morgan fingerprint density at radius 1 is 1.10 bits per heavy atom. The van der Waals surface area contributed by atoms with Gasteiger partial charge in [0.1, 0.15) is 0 Å². The Morgan fingerprint density at radius 2 is 1.80 bits per heavy atom. The van der Waals surface area contributed by atoms with E-state index in [4.69, 9.17) is 22.1 Å². The van der Waals surface area contributed by atoms with Crippen LogP contribution in [0.2, 0.25) is 5.02 Å². The van der Waals surface area contributed by atoms with Gasteiger partial charge in [0.25, 0.3) is 0 Å². The first-order valence-electron chi connectivity index (χ1n) is 9.64. The summed E-state index contributed by atoms with van der Waals surface area (Å²) >= 11 is 6.32. The summed E-state index contributed by atoms with van der Waals surface area (Å²) < 4.78 is 5.51. The van der Waals surface area contributed by atoms with Crippen LogP contribution in [0.1, 0.15) is 11.1 Å². The second-order valence-corrected chi connectivity index (χ2v) is 7.59. The lowest BCUT2D eigenvalue weighted by molar-refractivity contribution is 0.0671. The number of hydrogen-bond donors (Lipinski definition) is 2. The summed E-state index contributed by atoms with van der Waals surface area (Å²) in [5.74, 6) is 1.01. The van der Waals surface area contributed by atoms with Gasteiger partial charge in [0, 0.05) is 29.5 Å². The summed E-state index contributed by atoms with van der Waals surface area (Å²) in [5.41, 5.74) is 10.2. The molecule has 7 nitrogen and oxygen atoms in total. The number of guanidine groups is 2. The molecular weight excluding hydrogens is 423 g/mol. The van der Waals surface area contributed by atoms with Crippen molar-refractivity contribution in [3.05, 3.63) is 58.6 Å². The maximum atomic E-state index is 6.32. The molecule has 0 spiro atoms. The average Bonchev–Trinajstić information content (AvgIpc) is 2.72. The third kappa shape index (κ3) is 4.80. The second-order valence-electron chi connectivity index (χ2n) is 7.19. The fourth-order valence-corrected chi connectivity index (χ4v) is 3.54. The number of nitrogens with one attached hydrogen (secondary N) is 1. The molecular formula is C21H26Cl2N6O. The van der Waals surface area contributed by atoms with Crippen molar-refractivity contribution in [2.75, 3.05) is 36.5 Å². The minimum Gasteiger partial charge on any atom is -0.378 e. The molecule has 1 fully saturated rings. The van der Waals surface area contributed by atoms with Gasteiger partial charge in [0.15, 0.2) is 0 Å². The van der Waals surface area contributed by atoms with Crippen LogP contribution in [-0.2, 0) is 4.74 Å². The number of morpholine rings is 1. The molecule has 9 heteroatoms. The Labute approximate surface area is 188 Å². The van der Waals surface area contributed by atoms with E-state index < -0.39 is 6.29 Å². The van der Waals surface area contributed by atoms with Gasteiger partial charge < -0.3 is 20.7 Å². The van der Waals surface area contributed by atoms with E-state index in [1.54, 1.807) is 0 Å². The van der Waals surface area contributed by atoms with Crippen molar-refractivity contribution in [2.24, 2.45) is 15.7 Å². The lowest BCUT2D eigenvalue weighted by atomic mass is 10.2. The molecule has 1 atom stereocenters. The Kier molecular flexibility index (Phi) is 7.07. The van der Waals surface area contributed by atoms with E-state index >= 15 is 0 Å². The van der Waals surface area contributed by atoms with Crippen LogP contribution in [0.25, 0.3) is 0 Å². The fraction of sp³-hybridized carbons (Fsp3) is 0.333. The lowest BCUT2D eigenvalue weighted by Crippen LogP contribution is -2.57. The molecule has 1 saturated heterocycles. The third-order valence-electron chi connectivity index (χ3n) is 5.00. The standard InChI is InChI=1S/C21H25ClN6O.ClH/c1-14-3-7-17(8-4-14)28-20(24-16-6-5-15(2)18(22)13-16)25-19(23)26-21(28)27-9-11-29-12-10-27;/h3-8,13,20,24H,9-12H2,1-2H3,(H2,23,25);1H. The topological polar surface area (TPSA) is 78.5 Å². The van der Waals surface area contributed by atoms with Crippen molar-refractivity contribution in [3.8, 4) is 0 Å². The van der Waals surface area contributed by atoms with Crippen LogP contribution in [0, 0.1) is 13.8 Å². The van der Waals surface area contributed by atoms with E-state index in [2.05, 4.69) is 56.3 Å². The van der Waals surface area contributed by atoms with Gasteiger partial charge in [0.2, 0.25) is 18.2 Å². The number of halogens is 2. The van der Waals surface area contributed by atoms with Crippen LogP contribution >= 0.6 is 24.0 Å². The first kappa shape index (κ1) is 22.2. The predicted octanol–water partition coefficient (Wildman–Crippen LogP) is 3.60. The highest BCUT2D eigenvalue weighted by Crippen LogP contribution is 2.26. The number of anilines is 2. The van der Waals surface area contributed by atoms with Crippen molar-refractivity contribution in [1.29, 1.82) is 0 Å². The first-order valence-corrected chi connectivity index (χ1v) is 10.0. The summed E-state index contributed by atoms with van der Waals surface area (Å²) in [6.07, 6.45) is -0.452. The SMILES string of the molecule is Cc1ccc(N2C(N3CCOCC3)=NC(N)=NC2Nc2ccc(C)c(Cl)c2)cc1.Cl. The highest BCUT2D eigenvalue weighted by atomic mass is 35.5. The molecule has 0 aliphatic carbocycles. The van der Waals surface area contributed by atoms with Crippen molar-refractivity contribution in [1.82, 2.24) is 4.90 Å². The molecule has 0 saturated carbocycles. The molecule has 0 amide bonds. The lowest BCUT2D eigenvalue weighted by Gasteiger charge is -2.41. The van der Waals surface area contributed by atoms with E-state index in [1.807, 2.05) is 25.1 Å². The fourth-order valence-electron chi connectivity index (χ4n) is 3.35. The molecule has 3 N–H and O–H groups in total. The van der Waals surface area contributed by atoms with Gasteiger partial charge in [-0.15, -0.1) is 12.4 Å². The summed E-state index contributed by atoms with van der Waals surface area (Å²) in [5, 5.41) is 4.15. The normalized spacial score (nSPS) is 19.0. The highest BCUT2D eigenvalue weighted by Gasteiger charge is 2.32. The zero-order valence-electron chi connectivity index (χ0n) is 17.0. The number of ether oxygens (including phenoxy) is 1. The molecule has 2 aromatic rings. The summed E-state index contributed by atoms with van der Waals surface area (Å²) in [6.45, 7) is 6.85. The van der Waals surface area contributed by atoms with E-state index in [9.17, 15) is 0 Å². The number of hydrogen-bond acceptors (Lipinski definition) is 7. The summed E-state index contributed by atoms with van der Waals surface area (Å²) in [6, 6.07) is 14.2. The Hall–Kier alpha value is -2.48. The number of aliphatic imine (C=N–C) groups is 2. The van der Waals surface area contributed by atoms with E-state index in [-0.39, 0.29) is 18.4 Å². The van der Waals surface area contributed by atoms with Gasteiger partial charge in [-0.1, -0.05) is 35.4 Å². The quantitative estimate of drug-likeness (QED) is 0.749. The molecule has 2 heterocycles. The molecule has 2 aromatic carbocycles. The van der Waals surface area contributed by atoms with Crippen molar-refractivity contribution in [3.63, 3.8) is 0 Å². The van der Waals surface area contributed by atoms with Gasteiger partial charge in [-0.25, -0.2) is 4.99 Å². The van der Waals surface area contributed by atoms with Crippen LogP contribution in [0.4, 0.5) is 11.4 Å². The van der Waals surface area contributed by atoms with E-state index in [1.165, 1.54) is 5.56 Å². The molecule has 0 radical (unpaired) electrons. The number of aryl methyl sites for hydroxylation is 2. The minimum atomic E-state index is -0.452. The van der Waals surface area contributed by atoms with Gasteiger partial charge in [-0.3, -0.25) is 4.90 Å². The Bertz CT molecular complexity index is 941. The van der Waals surface area contributed by atoms with Crippen LogP contribution in [0.3, 0.4) is 0 Å². The third-order valence-corrected chi connectivity index (χ3v) is 5.41. The van der Waals surface area contributed by atoms with Crippen LogP contribution < -0.4 is 16.0 Å². The zero-order valence-corrected chi connectivity index (χ0v) is 18.6. The number of benzene rings is 2. The number of rotatable bonds is 3. The summed E-state index contributed by atoms with van der Waals surface area (Å²) in [4.78, 5) is 13.4. The van der Waals surface area contributed by atoms with Gasteiger partial charge in [-0.2, -0.15) is 4.99 Å². The molecule has 0 bridgehead atoms. The summed E-state index contributed by atoms with van der Waals surface area (Å²) in [7, 11) is 0. The van der Waals surface area contributed by atoms with Crippen molar-refractivity contribution >= 4 is 47.3 Å². The van der Waals surface area contributed by atoms with Gasteiger partial charge >= 0.3 is 0 Å². The smallest absolute Gasteiger partial charge is 0.222 e. The minimum absolute atomic E-state index is 0. The second kappa shape index (κ2) is 9.55. The largest absolute Gasteiger partial charge is 0.378 e. The number of nitrogens with two attached hydrogens (primary N) is 1. The van der Waals surface area contributed by atoms with Crippen molar-refractivity contribution < 1.29 is 4.74 Å². The van der Waals surface area contributed by atoms with Gasteiger partial charge in [0.05, 0.1) is 13.2 Å². The van der Waals surface area contributed by atoms with Crippen LogP contribution in [0.15, 0.2) is 52.4 Å². The molecule has 2 aliphatic heterocycles. The molecule has 2 aliphatic rings. The molecule has 30 heavy (non-hydrogen) atoms. The highest BCUT2D eigenvalue weighted by molar-refractivity contribution is 6.31. The first-order chi connectivity index (χ1) is 14.0. The number of nitrogens with zero attached hydrogens (tertiary/aromatic N) is 4. The Morgan fingerprint density at radius 3 is 2.47 bits per heavy atom. The Balaban J connectivity index is 0.00000256. The molecule has 1 unspecified atom stereocenters. The average molecular weight is 449 g/mol. The van der Waals surface area contributed by atoms with E-state index in [0.717, 1.165) is 36.0 Å².